The second kappa shape index (κ2) is 7.67. The fourth-order valence-corrected chi connectivity index (χ4v) is 4.05. The molecule has 2 aromatic carbocycles. The third-order valence-corrected chi connectivity index (χ3v) is 5.74. The highest BCUT2D eigenvalue weighted by Gasteiger charge is 2.48. The summed E-state index contributed by atoms with van der Waals surface area (Å²) in [5.41, 5.74) is 1.11. The lowest BCUT2D eigenvalue weighted by Gasteiger charge is -2.16. The molecule has 4 rings (SSSR count). The largest absolute Gasteiger partial charge is 0.375 e. The van der Waals surface area contributed by atoms with Gasteiger partial charge in [0.05, 0.1) is 22.4 Å². The maximum atomic E-state index is 12.7. The van der Waals surface area contributed by atoms with Gasteiger partial charge < -0.3 is 5.32 Å². The van der Waals surface area contributed by atoms with E-state index < -0.39 is 4.92 Å². The van der Waals surface area contributed by atoms with Crippen LogP contribution in [-0.2, 0) is 16.1 Å². The van der Waals surface area contributed by atoms with Crippen LogP contribution in [0, 0.1) is 22.0 Å². The normalized spacial score (nSPS) is 20.7. The summed E-state index contributed by atoms with van der Waals surface area (Å²) in [6.07, 6.45) is 4.84. The molecule has 0 saturated carbocycles. The van der Waals surface area contributed by atoms with Crippen molar-refractivity contribution in [1.29, 1.82) is 0 Å². The zero-order valence-corrected chi connectivity index (χ0v) is 16.1. The fraction of sp³-hybridized carbons (Fsp3) is 0.238. The van der Waals surface area contributed by atoms with Crippen LogP contribution in [0.2, 0.25) is 5.02 Å². The van der Waals surface area contributed by atoms with E-state index in [9.17, 15) is 19.7 Å². The Hall–Kier alpha value is -3.19. The van der Waals surface area contributed by atoms with Crippen LogP contribution in [0.1, 0.15) is 18.4 Å². The molecule has 2 aromatic rings. The van der Waals surface area contributed by atoms with E-state index in [0.29, 0.717) is 24.4 Å². The third kappa shape index (κ3) is 3.49. The van der Waals surface area contributed by atoms with Gasteiger partial charge in [0, 0.05) is 17.6 Å². The number of anilines is 2. The van der Waals surface area contributed by atoms with Gasteiger partial charge in [-0.15, -0.1) is 0 Å². The van der Waals surface area contributed by atoms with Gasteiger partial charge in [-0.25, -0.2) is 4.90 Å². The number of carbonyl (C=O) groups is 2. The number of rotatable bonds is 5. The number of carbonyl (C=O) groups excluding carboxylic acids is 2. The minimum absolute atomic E-state index is 0.205. The zero-order valence-electron chi connectivity index (χ0n) is 15.4. The lowest BCUT2D eigenvalue weighted by molar-refractivity contribution is -0.383. The number of imide groups is 1. The number of nitrogens with zero attached hydrogens (tertiary/aromatic N) is 2. The quantitative estimate of drug-likeness (QED) is 0.342. The van der Waals surface area contributed by atoms with Gasteiger partial charge in [0.2, 0.25) is 11.8 Å². The Bertz CT molecular complexity index is 1010. The molecule has 1 fully saturated rings. The van der Waals surface area contributed by atoms with E-state index in [1.807, 2.05) is 24.3 Å². The first kappa shape index (κ1) is 19.1. The van der Waals surface area contributed by atoms with Gasteiger partial charge in [-0.05, 0) is 36.6 Å². The number of nitro benzene ring substituents is 1. The Morgan fingerprint density at radius 1 is 1.07 bits per heavy atom. The Balaban J connectivity index is 1.61. The van der Waals surface area contributed by atoms with E-state index in [1.54, 1.807) is 18.2 Å². The summed E-state index contributed by atoms with van der Waals surface area (Å²) in [6.45, 7) is 0.303. The van der Waals surface area contributed by atoms with Crippen LogP contribution in [-0.4, -0.2) is 16.7 Å². The molecule has 2 aliphatic rings. The minimum atomic E-state index is -0.530. The topological polar surface area (TPSA) is 92.6 Å². The second-order valence-electron chi connectivity index (χ2n) is 7.07. The van der Waals surface area contributed by atoms with Crippen LogP contribution in [0.4, 0.5) is 17.1 Å². The number of allylic oxidation sites excluding steroid dienone is 2. The minimum Gasteiger partial charge on any atom is -0.375 e. The summed E-state index contributed by atoms with van der Waals surface area (Å²) in [6, 6.07) is 11.6. The molecule has 0 bridgehead atoms. The summed E-state index contributed by atoms with van der Waals surface area (Å²) in [7, 11) is 0. The molecule has 29 heavy (non-hydrogen) atoms. The molecule has 0 aromatic heterocycles. The molecule has 1 aliphatic carbocycles. The number of hydrogen-bond acceptors (Lipinski definition) is 5. The average molecular weight is 412 g/mol. The van der Waals surface area contributed by atoms with Gasteiger partial charge in [0.1, 0.15) is 5.69 Å². The molecule has 8 heteroatoms. The summed E-state index contributed by atoms with van der Waals surface area (Å²) in [5, 5.41) is 15.2. The number of amides is 2. The number of fused-ring (bicyclic) bond motifs is 1. The summed E-state index contributed by atoms with van der Waals surface area (Å²) >= 11 is 6.14. The van der Waals surface area contributed by atoms with Crippen molar-refractivity contribution < 1.29 is 14.5 Å². The Labute approximate surface area is 172 Å². The van der Waals surface area contributed by atoms with Crippen LogP contribution in [0.25, 0.3) is 0 Å². The molecular formula is C21H18ClN3O4. The molecule has 2 atom stereocenters. The molecule has 1 aliphatic heterocycles. The first-order valence-corrected chi connectivity index (χ1v) is 9.63. The van der Waals surface area contributed by atoms with Crippen molar-refractivity contribution in [1.82, 2.24) is 0 Å². The number of halogens is 1. The van der Waals surface area contributed by atoms with Gasteiger partial charge in [-0.1, -0.05) is 42.0 Å². The van der Waals surface area contributed by atoms with Gasteiger partial charge in [0.25, 0.3) is 5.69 Å². The van der Waals surface area contributed by atoms with Crippen LogP contribution in [0.3, 0.4) is 0 Å². The number of hydrogen-bond donors (Lipinski definition) is 1. The molecule has 0 radical (unpaired) electrons. The highest BCUT2D eigenvalue weighted by molar-refractivity contribution is 6.31. The second-order valence-corrected chi connectivity index (χ2v) is 7.48. The Kier molecular flexibility index (Phi) is 5.07. The van der Waals surface area contributed by atoms with E-state index in [-0.39, 0.29) is 40.7 Å². The van der Waals surface area contributed by atoms with E-state index in [4.69, 9.17) is 11.6 Å². The lowest BCUT2D eigenvalue weighted by atomic mass is 9.85. The first-order valence-electron chi connectivity index (χ1n) is 9.26. The van der Waals surface area contributed by atoms with Crippen molar-refractivity contribution in [2.24, 2.45) is 11.8 Å². The molecule has 7 nitrogen and oxygen atoms in total. The van der Waals surface area contributed by atoms with Crippen molar-refractivity contribution in [2.45, 2.75) is 19.4 Å². The molecule has 2 amide bonds. The van der Waals surface area contributed by atoms with Crippen LogP contribution < -0.4 is 10.2 Å². The molecule has 1 heterocycles. The van der Waals surface area contributed by atoms with Crippen LogP contribution in [0.5, 0.6) is 0 Å². The van der Waals surface area contributed by atoms with Crippen molar-refractivity contribution in [3.8, 4) is 0 Å². The molecule has 1 N–H and O–H groups in total. The fourth-order valence-electron chi connectivity index (χ4n) is 3.85. The standard InChI is InChI=1S/C21H18ClN3O4/c22-17-8-4-1-5-13(17)12-23-18-10-9-14(11-19(18)25(28)29)24-20(26)15-6-2-3-7-16(15)21(24)27/h1-5,8-11,15-16,23H,6-7,12H2/t15-,16-/m0/s1. The van der Waals surface area contributed by atoms with Crippen molar-refractivity contribution in [2.75, 3.05) is 10.2 Å². The number of benzene rings is 2. The maximum absolute atomic E-state index is 12.7. The van der Waals surface area contributed by atoms with Crippen molar-refractivity contribution in [3.05, 3.63) is 75.3 Å². The highest BCUT2D eigenvalue weighted by atomic mass is 35.5. The predicted octanol–water partition coefficient (Wildman–Crippen LogP) is 4.32. The van der Waals surface area contributed by atoms with Crippen LogP contribution >= 0.6 is 11.6 Å². The monoisotopic (exact) mass is 411 g/mol. The van der Waals surface area contributed by atoms with Crippen molar-refractivity contribution >= 4 is 40.5 Å². The van der Waals surface area contributed by atoms with Gasteiger partial charge in [-0.3, -0.25) is 19.7 Å². The average Bonchev–Trinajstić information content (AvgIpc) is 2.98. The molecule has 148 valence electrons. The number of nitro groups is 1. The smallest absolute Gasteiger partial charge is 0.294 e. The van der Waals surface area contributed by atoms with Crippen LogP contribution in [0.15, 0.2) is 54.6 Å². The van der Waals surface area contributed by atoms with Gasteiger partial charge >= 0.3 is 0 Å². The Morgan fingerprint density at radius 2 is 1.72 bits per heavy atom. The van der Waals surface area contributed by atoms with Crippen molar-refractivity contribution in [3.63, 3.8) is 0 Å². The molecular weight excluding hydrogens is 394 g/mol. The summed E-state index contributed by atoms with van der Waals surface area (Å²) in [5.74, 6) is -1.36. The zero-order chi connectivity index (χ0) is 20.5. The molecule has 0 unspecified atom stereocenters. The maximum Gasteiger partial charge on any atom is 0.294 e. The van der Waals surface area contributed by atoms with Gasteiger partial charge in [0.15, 0.2) is 0 Å². The molecule has 0 spiro atoms. The van der Waals surface area contributed by atoms with Gasteiger partial charge in [-0.2, -0.15) is 0 Å². The molecule has 1 saturated heterocycles. The predicted molar refractivity (Wildman–Crippen MR) is 110 cm³/mol. The summed E-state index contributed by atoms with van der Waals surface area (Å²) in [4.78, 5) is 37.7. The van der Waals surface area contributed by atoms with E-state index in [0.717, 1.165) is 10.5 Å². The van der Waals surface area contributed by atoms with E-state index in [1.165, 1.54) is 12.1 Å². The lowest BCUT2D eigenvalue weighted by Crippen LogP contribution is -2.30. The van der Waals surface area contributed by atoms with E-state index in [2.05, 4.69) is 5.32 Å². The van der Waals surface area contributed by atoms with E-state index >= 15 is 0 Å². The Morgan fingerprint density at radius 3 is 2.34 bits per heavy atom. The third-order valence-electron chi connectivity index (χ3n) is 5.37. The summed E-state index contributed by atoms with van der Waals surface area (Å²) < 4.78 is 0. The highest BCUT2D eigenvalue weighted by Crippen LogP contribution is 2.39. The number of nitrogens with one attached hydrogen (secondary N) is 1. The first-order chi connectivity index (χ1) is 14.0. The SMILES string of the molecule is O=C1[C@H]2CC=CC[C@@H]2C(=O)N1c1ccc(NCc2ccccc2Cl)c([N+](=O)[O-])c1.